The molecule has 0 aromatic rings. The third-order valence-electron chi connectivity index (χ3n) is 3.28. The van der Waals surface area contributed by atoms with Gasteiger partial charge >= 0.3 is 0 Å². The SMILES string of the molecule is CC(C)CCCCCCCCNCCC(C)C. The van der Waals surface area contributed by atoms with Crippen molar-refractivity contribution in [1.82, 2.24) is 5.32 Å². The van der Waals surface area contributed by atoms with Crippen molar-refractivity contribution in [3.05, 3.63) is 0 Å². The van der Waals surface area contributed by atoms with Crippen molar-refractivity contribution in [3.8, 4) is 0 Å². The van der Waals surface area contributed by atoms with Crippen LogP contribution >= 0.6 is 0 Å². The van der Waals surface area contributed by atoms with E-state index in [1.165, 1.54) is 64.5 Å². The third-order valence-corrected chi connectivity index (χ3v) is 3.28. The molecule has 0 amide bonds. The van der Waals surface area contributed by atoms with E-state index in [1.807, 2.05) is 0 Å². The van der Waals surface area contributed by atoms with Gasteiger partial charge in [0.2, 0.25) is 0 Å². The molecule has 0 unspecified atom stereocenters. The fourth-order valence-corrected chi connectivity index (χ4v) is 2.03. The van der Waals surface area contributed by atoms with E-state index >= 15 is 0 Å². The highest BCUT2D eigenvalue weighted by atomic mass is 14.8. The summed E-state index contributed by atoms with van der Waals surface area (Å²) in [4.78, 5) is 0. The smallest absolute Gasteiger partial charge is 0.00465 e. The van der Waals surface area contributed by atoms with Gasteiger partial charge in [-0.05, 0) is 37.8 Å². The molecule has 0 spiro atoms. The Labute approximate surface area is 110 Å². The quantitative estimate of drug-likeness (QED) is 0.474. The molecular formula is C16H35N. The van der Waals surface area contributed by atoms with Crippen molar-refractivity contribution in [3.63, 3.8) is 0 Å². The Morgan fingerprint density at radius 3 is 1.71 bits per heavy atom. The predicted molar refractivity (Wildman–Crippen MR) is 79.5 cm³/mol. The predicted octanol–water partition coefficient (Wildman–Crippen LogP) is 5.01. The molecule has 0 fully saturated rings. The zero-order valence-corrected chi connectivity index (χ0v) is 12.7. The normalized spacial score (nSPS) is 11.6. The molecule has 1 heteroatoms. The molecule has 0 atom stereocenters. The molecule has 0 radical (unpaired) electrons. The second-order valence-corrected chi connectivity index (χ2v) is 6.24. The van der Waals surface area contributed by atoms with Crippen LogP contribution in [0.25, 0.3) is 0 Å². The van der Waals surface area contributed by atoms with Gasteiger partial charge in [0.1, 0.15) is 0 Å². The van der Waals surface area contributed by atoms with Crippen LogP contribution in [-0.2, 0) is 0 Å². The molecule has 0 saturated carbocycles. The molecular weight excluding hydrogens is 206 g/mol. The average molecular weight is 241 g/mol. The number of hydrogen-bond acceptors (Lipinski definition) is 1. The van der Waals surface area contributed by atoms with Gasteiger partial charge in [-0.1, -0.05) is 66.2 Å². The van der Waals surface area contributed by atoms with E-state index < -0.39 is 0 Å². The molecule has 0 aromatic carbocycles. The van der Waals surface area contributed by atoms with Crippen molar-refractivity contribution < 1.29 is 0 Å². The third kappa shape index (κ3) is 16.0. The molecule has 0 saturated heterocycles. The maximum atomic E-state index is 3.53. The largest absolute Gasteiger partial charge is 0.317 e. The van der Waals surface area contributed by atoms with Crippen LogP contribution in [0.5, 0.6) is 0 Å². The molecule has 1 nitrogen and oxygen atoms in total. The second-order valence-electron chi connectivity index (χ2n) is 6.24. The summed E-state index contributed by atoms with van der Waals surface area (Å²) < 4.78 is 0. The average Bonchev–Trinajstić information content (AvgIpc) is 2.25. The zero-order valence-electron chi connectivity index (χ0n) is 12.7. The van der Waals surface area contributed by atoms with Gasteiger partial charge in [-0.25, -0.2) is 0 Å². The standard InChI is InChI=1S/C16H35N/c1-15(2)11-9-7-5-6-8-10-13-17-14-12-16(3)4/h15-17H,5-14H2,1-4H3. The highest BCUT2D eigenvalue weighted by Gasteiger charge is 1.95. The molecule has 0 heterocycles. The van der Waals surface area contributed by atoms with E-state index in [1.54, 1.807) is 0 Å². The first-order valence-corrected chi connectivity index (χ1v) is 7.83. The van der Waals surface area contributed by atoms with Gasteiger partial charge < -0.3 is 5.32 Å². The van der Waals surface area contributed by atoms with Crippen molar-refractivity contribution in [1.29, 1.82) is 0 Å². The van der Waals surface area contributed by atoms with E-state index in [-0.39, 0.29) is 0 Å². The lowest BCUT2D eigenvalue weighted by Gasteiger charge is -2.07. The molecule has 0 aliphatic rings. The Morgan fingerprint density at radius 2 is 1.12 bits per heavy atom. The molecule has 0 rings (SSSR count). The van der Waals surface area contributed by atoms with Crippen molar-refractivity contribution in [2.75, 3.05) is 13.1 Å². The monoisotopic (exact) mass is 241 g/mol. The minimum Gasteiger partial charge on any atom is -0.317 e. The Morgan fingerprint density at radius 1 is 0.588 bits per heavy atom. The van der Waals surface area contributed by atoms with Crippen molar-refractivity contribution in [2.45, 2.75) is 79.1 Å². The summed E-state index contributed by atoms with van der Waals surface area (Å²) in [6.45, 7) is 11.6. The Hall–Kier alpha value is -0.0400. The fourth-order valence-electron chi connectivity index (χ4n) is 2.03. The molecule has 0 aliphatic carbocycles. The zero-order chi connectivity index (χ0) is 12.9. The van der Waals surface area contributed by atoms with Crippen LogP contribution in [0, 0.1) is 11.8 Å². The highest BCUT2D eigenvalue weighted by molar-refractivity contribution is 4.53. The number of hydrogen-bond donors (Lipinski definition) is 1. The summed E-state index contributed by atoms with van der Waals surface area (Å²) >= 11 is 0. The van der Waals surface area contributed by atoms with Gasteiger partial charge in [0, 0.05) is 0 Å². The Kier molecular flexibility index (Phi) is 12.4. The summed E-state index contributed by atoms with van der Waals surface area (Å²) in [6, 6.07) is 0. The first-order chi connectivity index (χ1) is 8.13. The lowest BCUT2D eigenvalue weighted by atomic mass is 10.0. The maximum absolute atomic E-state index is 3.53. The van der Waals surface area contributed by atoms with Crippen molar-refractivity contribution >= 4 is 0 Å². The summed E-state index contributed by atoms with van der Waals surface area (Å²) in [5.74, 6) is 1.73. The first-order valence-electron chi connectivity index (χ1n) is 7.83. The lowest BCUT2D eigenvalue weighted by molar-refractivity contribution is 0.499. The van der Waals surface area contributed by atoms with Gasteiger partial charge in [0.05, 0.1) is 0 Å². The molecule has 104 valence electrons. The Bertz CT molecular complexity index is 124. The second kappa shape index (κ2) is 12.4. The topological polar surface area (TPSA) is 12.0 Å². The summed E-state index contributed by atoms with van der Waals surface area (Å²) in [5.41, 5.74) is 0. The molecule has 0 aromatic heterocycles. The fraction of sp³-hybridized carbons (Fsp3) is 1.00. The van der Waals surface area contributed by atoms with E-state index in [0.29, 0.717) is 0 Å². The molecule has 17 heavy (non-hydrogen) atoms. The highest BCUT2D eigenvalue weighted by Crippen LogP contribution is 2.11. The van der Waals surface area contributed by atoms with Gasteiger partial charge in [-0.2, -0.15) is 0 Å². The number of unbranched alkanes of at least 4 members (excludes halogenated alkanes) is 5. The van der Waals surface area contributed by atoms with E-state index in [9.17, 15) is 0 Å². The van der Waals surface area contributed by atoms with Gasteiger partial charge in [-0.3, -0.25) is 0 Å². The molecule has 0 bridgehead atoms. The van der Waals surface area contributed by atoms with E-state index in [2.05, 4.69) is 33.0 Å². The maximum Gasteiger partial charge on any atom is -0.00465 e. The van der Waals surface area contributed by atoms with Gasteiger partial charge in [0.25, 0.3) is 0 Å². The van der Waals surface area contributed by atoms with Crippen LogP contribution in [0.1, 0.15) is 79.1 Å². The van der Waals surface area contributed by atoms with Crippen LogP contribution < -0.4 is 5.32 Å². The van der Waals surface area contributed by atoms with Gasteiger partial charge in [0.15, 0.2) is 0 Å². The minimum atomic E-state index is 0.837. The van der Waals surface area contributed by atoms with Crippen molar-refractivity contribution in [2.24, 2.45) is 11.8 Å². The minimum absolute atomic E-state index is 0.837. The van der Waals surface area contributed by atoms with E-state index in [4.69, 9.17) is 0 Å². The number of nitrogens with one attached hydrogen (secondary N) is 1. The van der Waals surface area contributed by atoms with Crippen LogP contribution in [0.4, 0.5) is 0 Å². The summed E-state index contributed by atoms with van der Waals surface area (Å²) in [5, 5.41) is 3.53. The van der Waals surface area contributed by atoms with Crippen LogP contribution in [0.2, 0.25) is 0 Å². The number of rotatable bonds is 12. The first kappa shape index (κ1) is 17.0. The summed E-state index contributed by atoms with van der Waals surface area (Å²) in [6.07, 6.45) is 11.3. The van der Waals surface area contributed by atoms with Crippen LogP contribution in [0.3, 0.4) is 0 Å². The lowest BCUT2D eigenvalue weighted by Crippen LogP contribution is -2.17. The molecule has 0 aliphatic heterocycles. The summed E-state index contributed by atoms with van der Waals surface area (Å²) in [7, 11) is 0. The van der Waals surface area contributed by atoms with E-state index in [0.717, 1.165) is 11.8 Å². The van der Waals surface area contributed by atoms with Gasteiger partial charge in [-0.15, -0.1) is 0 Å². The van der Waals surface area contributed by atoms with Crippen LogP contribution in [0.15, 0.2) is 0 Å². The molecule has 1 N–H and O–H groups in total. The Balaban J connectivity index is 2.94. The van der Waals surface area contributed by atoms with Crippen LogP contribution in [-0.4, -0.2) is 13.1 Å².